The van der Waals surface area contributed by atoms with Gasteiger partial charge in [0.2, 0.25) is 0 Å². The first kappa shape index (κ1) is 38.9. The third-order valence-corrected chi connectivity index (χ3v) is 6.82. The molecule has 234 valence electrons. The molecule has 10 heteroatoms. The topological polar surface area (TPSA) is 98.6 Å². The molecule has 3 rings (SSSR count). The average Bonchev–Trinajstić information content (AvgIpc) is 3.40. The predicted octanol–water partition coefficient (Wildman–Crippen LogP) is 5.89. The third kappa shape index (κ3) is 13.7. The van der Waals surface area contributed by atoms with Gasteiger partial charge < -0.3 is 20.2 Å². The number of nitrogens with one attached hydrogen (secondary N) is 2. The number of hydrogen-bond acceptors (Lipinski definition) is 7. The zero-order chi connectivity index (χ0) is 32.1. The van der Waals surface area contributed by atoms with Crippen molar-refractivity contribution in [2.75, 3.05) is 32.6 Å². The number of hydrazone groups is 1. The number of piperidine rings is 1. The summed E-state index contributed by atoms with van der Waals surface area (Å²) in [6, 6.07) is -0.0250. The van der Waals surface area contributed by atoms with E-state index in [1.807, 2.05) is 33.8 Å². The van der Waals surface area contributed by atoms with Gasteiger partial charge in [0.25, 0.3) is 0 Å². The van der Waals surface area contributed by atoms with Crippen molar-refractivity contribution >= 4 is 27.3 Å². The summed E-state index contributed by atoms with van der Waals surface area (Å²) in [6.45, 7) is 24.5. The molecule has 2 heterocycles. The largest absolute Gasteiger partial charge is 0.445 e. The molecule has 0 aromatic rings. The number of halogens is 1. The number of aliphatic hydroxyl groups excluding tert-OH is 1. The zero-order valence-electron chi connectivity index (χ0n) is 26.0. The molecule has 1 amide bonds. The van der Waals surface area contributed by atoms with Crippen LogP contribution < -0.4 is 10.7 Å². The first-order valence-corrected chi connectivity index (χ1v) is 14.9. The van der Waals surface area contributed by atoms with Crippen LogP contribution in [0.1, 0.15) is 41.0 Å². The molecule has 3 aliphatic rings. The van der Waals surface area contributed by atoms with Crippen LogP contribution in [-0.4, -0.2) is 78.4 Å². The molecule has 8 nitrogen and oxygen atoms in total. The van der Waals surface area contributed by atoms with E-state index in [2.05, 4.69) is 81.5 Å². The lowest BCUT2D eigenvalue weighted by atomic mass is 9.87. The number of aliphatic imine (C=N–C) groups is 1. The molecule has 1 fully saturated rings. The molecular formula is C32H51FN5O3P. The summed E-state index contributed by atoms with van der Waals surface area (Å²) in [5.41, 5.74) is 5.39. The minimum atomic E-state index is -1.50. The zero-order valence-corrected chi connectivity index (χ0v) is 27.1. The van der Waals surface area contributed by atoms with Crippen molar-refractivity contribution in [3.63, 3.8) is 0 Å². The Bertz CT molecular complexity index is 1050. The van der Waals surface area contributed by atoms with E-state index in [1.54, 1.807) is 18.5 Å². The Kier molecular flexibility index (Phi) is 19.9. The van der Waals surface area contributed by atoms with Crippen LogP contribution in [0.4, 0.5) is 9.18 Å². The number of rotatable bonds is 9. The van der Waals surface area contributed by atoms with Crippen LogP contribution >= 0.6 is 9.24 Å². The second-order valence-corrected chi connectivity index (χ2v) is 9.93. The van der Waals surface area contributed by atoms with Crippen LogP contribution in [-0.2, 0) is 4.74 Å². The summed E-state index contributed by atoms with van der Waals surface area (Å²) >= 11 is 0. The van der Waals surface area contributed by atoms with Gasteiger partial charge in [0.05, 0.1) is 25.0 Å². The van der Waals surface area contributed by atoms with Crippen LogP contribution in [0.25, 0.3) is 0 Å². The Hall–Kier alpha value is -3.13. The highest BCUT2D eigenvalue weighted by Gasteiger charge is 2.41. The van der Waals surface area contributed by atoms with E-state index in [9.17, 15) is 9.18 Å². The van der Waals surface area contributed by atoms with Gasteiger partial charge in [-0.1, -0.05) is 69.5 Å². The lowest BCUT2D eigenvalue weighted by molar-refractivity contribution is 0.0280. The van der Waals surface area contributed by atoms with Gasteiger partial charge in [-0.3, -0.25) is 10.3 Å². The van der Waals surface area contributed by atoms with E-state index in [0.717, 1.165) is 11.3 Å². The number of aliphatic hydroxyl groups is 1. The first-order chi connectivity index (χ1) is 20.1. The first-order valence-electron chi connectivity index (χ1n) is 14.1. The summed E-state index contributed by atoms with van der Waals surface area (Å²) in [7, 11) is 2.36. The average molecular weight is 604 g/mol. The Morgan fingerprint density at radius 1 is 1.38 bits per heavy atom. The number of carbonyl (C=O) groups is 1. The van der Waals surface area contributed by atoms with Crippen molar-refractivity contribution in [3.05, 3.63) is 85.7 Å². The van der Waals surface area contributed by atoms with Gasteiger partial charge in [-0.2, -0.15) is 5.10 Å². The Labute approximate surface area is 254 Å². The van der Waals surface area contributed by atoms with Crippen molar-refractivity contribution < 1.29 is 19.0 Å². The van der Waals surface area contributed by atoms with Crippen molar-refractivity contribution in [3.8, 4) is 0 Å². The maximum absolute atomic E-state index is 14.5. The summed E-state index contributed by atoms with van der Waals surface area (Å²) in [5, 5.41) is 16.0. The van der Waals surface area contributed by atoms with Crippen LogP contribution in [0.2, 0.25) is 0 Å². The van der Waals surface area contributed by atoms with E-state index in [1.165, 1.54) is 16.5 Å². The highest BCUT2D eigenvalue weighted by Crippen LogP contribution is 2.28. The molecule has 0 radical (unpaired) electrons. The SMILES string of the molecule is C=C(/C=C\N=CC)C1=NNC2C=CC(C)=CC12.C=CC.C=CC(=C)COC(=O)N1CC(NCO)CC(F)(CP)C1.CC. The van der Waals surface area contributed by atoms with Gasteiger partial charge in [0.1, 0.15) is 12.3 Å². The fourth-order valence-corrected chi connectivity index (χ4v) is 4.40. The molecule has 5 atom stereocenters. The molecule has 0 spiro atoms. The number of amides is 1. The fraction of sp³-hybridized carbons (Fsp3) is 0.469. The fourth-order valence-electron chi connectivity index (χ4n) is 4.10. The quantitative estimate of drug-likeness (QED) is 0.100. The summed E-state index contributed by atoms with van der Waals surface area (Å²) in [5.74, 6) is 0.294. The molecule has 0 bridgehead atoms. The van der Waals surface area contributed by atoms with Gasteiger partial charge in [-0.15, -0.1) is 15.8 Å². The number of ether oxygens (including phenoxy) is 1. The molecule has 2 aliphatic heterocycles. The van der Waals surface area contributed by atoms with Crippen molar-refractivity contribution in [1.82, 2.24) is 15.6 Å². The predicted molar refractivity (Wildman–Crippen MR) is 180 cm³/mol. The maximum Gasteiger partial charge on any atom is 0.410 e. The van der Waals surface area contributed by atoms with Gasteiger partial charge in [0.15, 0.2) is 0 Å². The Morgan fingerprint density at radius 3 is 2.62 bits per heavy atom. The standard InChI is InChI=1S/C14H17N3.C13H22FN2O3P.C3H6.C2H6/c1-4-15-8-7-11(3)14-12-9-10(2)5-6-13(12)16-17-14;1-3-10(2)6-19-12(18)16-5-11(15-9-17)4-13(14,7-16)8-20;1-3-2;1-2/h4-9,12-13,16H,3H2,1-2H3;3,11,15,17H,1-2,4-9,20H2;3H,1H2,2H3;1-2H3/b8-7-,15-4?;;;. The number of fused-ring (bicyclic) bond motifs is 1. The van der Waals surface area contributed by atoms with Crippen LogP contribution in [0.5, 0.6) is 0 Å². The number of alkyl halides is 1. The smallest absolute Gasteiger partial charge is 0.410 e. The third-order valence-electron chi connectivity index (χ3n) is 6.09. The van der Waals surface area contributed by atoms with Crippen LogP contribution in [0, 0.1) is 5.92 Å². The molecule has 3 N–H and O–H groups in total. The monoisotopic (exact) mass is 603 g/mol. The molecular weight excluding hydrogens is 552 g/mol. The second-order valence-electron chi connectivity index (χ2n) is 9.52. The summed E-state index contributed by atoms with van der Waals surface area (Å²) in [4.78, 5) is 17.3. The maximum atomic E-state index is 14.5. The molecule has 5 unspecified atom stereocenters. The lowest BCUT2D eigenvalue weighted by Crippen LogP contribution is -2.58. The number of allylic oxidation sites excluding steroid dienone is 5. The number of likely N-dealkylation sites (tertiary alicyclic amines) is 1. The van der Waals surface area contributed by atoms with Gasteiger partial charge in [-0.25, -0.2) is 9.18 Å². The van der Waals surface area contributed by atoms with Crippen LogP contribution in [0.15, 0.2) is 95.8 Å². The molecule has 0 saturated carbocycles. The summed E-state index contributed by atoms with van der Waals surface area (Å²) < 4.78 is 19.6. The second kappa shape index (κ2) is 21.6. The van der Waals surface area contributed by atoms with E-state index in [-0.39, 0.29) is 44.5 Å². The van der Waals surface area contributed by atoms with E-state index in [4.69, 9.17) is 9.84 Å². The normalized spacial score (nSPS) is 23.8. The van der Waals surface area contributed by atoms with Gasteiger partial charge in [-0.05, 0) is 44.2 Å². The molecule has 1 saturated heterocycles. The minimum Gasteiger partial charge on any atom is -0.445 e. The van der Waals surface area contributed by atoms with Gasteiger partial charge >= 0.3 is 6.09 Å². The van der Waals surface area contributed by atoms with E-state index in [0.29, 0.717) is 18.0 Å². The molecule has 0 aromatic heterocycles. The highest BCUT2D eigenvalue weighted by molar-refractivity contribution is 7.16. The molecule has 1 aliphatic carbocycles. The Balaban J connectivity index is 0.000000699. The van der Waals surface area contributed by atoms with Crippen LogP contribution in [0.3, 0.4) is 0 Å². The van der Waals surface area contributed by atoms with Gasteiger partial charge in [0, 0.05) is 37.3 Å². The lowest BCUT2D eigenvalue weighted by Gasteiger charge is -2.40. The molecule has 0 aromatic carbocycles. The number of hydrogen-bond donors (Lipinski definition) is 3. The highest BCUT2D eigenvalue weighted by atomic mass is 31.0. The number of carbonyl (C=O) groups excluding carboxylic acids is 1. The minimum absolute atomic E-state index is 0.0144. The van der Waals surface area contributed by atoms with E-state index < -0.39 is 11.8 Å². The number of nitrogens with zero attached hydrogens (tertiary/aromatic N) is 3. The molecule has 42 heavy (non-hydrogen) atoms. The van der Waals surface area contributed by atoms with Crippen molar-refractivity contribution in [1.29, 1.82) is 0 Å². The van der Waals surface area contributed by atoms with Crippen molar-refractivity contribution in [2.24, 2.45) is 16.0 Å². The Morgan fingerprint density at radius 2 is 2.05 bits per heavy atom. The van der Waals surface area contributed by atoms with E-state index >= 15 is 0 Å². The van der Waals surface area contributed by atoms with Crippen molar-refractivity contribution in [2.45, 2.75) is 58.8 Å². The summed E-state index contributed by atoms with van der Waals surface area (Å²) in [6.07, 6.45) is 15.0.